The van der Waals surface area contributed by atoms with E-state index in [0.717, 1.165) is 5.56 Å². The van der Waals surface area contributed by atoms with Gasteiger partial charge in [0, 0.05) is 6.04 Å². The second-order valence-corrected chi connectivity index (χ2v) is 3.49. The third kappa shape index (κ3) is 4.10. The lowest BCUT2D eigenvalue weighted by Crippen LogP contribution is -2.30. The molecule has 0 saturated heterocycles. The van der Waals surface area contributed by atoms with E-state index >= 15 is 0 Å². The van der Waals surface area contributed by atoms with Crippen LogP contribution < -0.4 is 10.1 Å². The van der Waals surface area contributed by atoms with Gasteiger partial charge in [0.25, 0.3) is 0 Å². The molecule has 90 valence electrons. The van der Waals surface area contributed by atoms with Crippen LogP contribution in [0.2, 0.25) is 0 Å². The Morgan fingerprint density at radius 3 is 2.25 bits per heavy atom. The molecule has 0 spiro atoms. The predicted octanol–water partition coefficient (Wildman–Crippen LogP) is 2.91. The molecular weight excluding hydrogens is 219 g/mol. The van der Waals surface area contributed by atoms with Crippen LogP contribution in [0.3, 0.4) is 0 Å². The van der Waals surface area contributed by atoms with Gasteiger partial charge in [-0.25, -0.2) is 0 Å². The van der Waals surface area contributed by atoms with E-state index in [-0.39, 0.29) is 6.04 Å². The van der Waals surface area contributed by atoms with Crippen molar-refractivity contribution in [2.45, 2.75) is 19.1 Å². The molecule has 0 unspecified atom stereocenters. The first-order valence-electron chi connectivity index (χ1n) is 4.86. The van der Waals surface area contributed by atoms with Crippen molar-refractivity contribution in [2.75, 3.05) is 13.7 Å². The summed E-state index contributed by atoms with van der Waals surface area (Å²) in [4.78, 5) is 0. The summed E-state index contributed by atoms with van der Waals surface area (Å²) in [5.74, 6) is 0.687. The van der Waals surface area contributed by atoms with Crippen LogP contribution in [-0.4, -0.2) is 19.8 Å². The lowest BCUT2D eigenvalue weighted by Gasteiger charge is -2.16. The predicted molar refractivity (Wildman–Crippen MR) is 55.5 cm³/mol. The number of methoxy groups -OCH3 is 1. The van der Waals surface area contributed by atoms with Crippen molar-refractivity contribution < 1.29 is 17.9 Å². The van der Waals surface area contributed by atoms with Gasteiger partial charge < -0.3 is 10.1 Å². The molecule has 1 aromatic rings. The second kappa shape index (κ2) is 5.21. The van der Waals surface area contributed by atoms with E-state index in [0.29, 0.717) is 5.75 Å². The third-order valence-electron chi connectivity index (χ3n) is 2.22. The molecule has 0 heterocycles. The number of hydrogen-bond donors (Lipinski definition) is 1. The van der Waals surface area contributed by atoms with E-state index in [4.69, 9.17) is 4.74 Å². The average Bonchev–Trinajstić information content (AvgIpc) is 2.25. The van der Waals surface area contributed by atoms with E-state index in [1.807, 2.05) is 0 Å². The molecule has 16 heavy (non-hydrogen) atoms. The Morgan fingerprint density at radius 2 is 1.81 bits per heavy atom. The Bertz CT molecular complexity index is 321. The highest BCUT2D eigenvalue weighted by atomic mass is 19.4. The maximum absolute atomic E-state index is 12.0. The average molecular weight is 233 g/mol. The molecule has 1 rings (SSSR count). The Morgan fingerprint density at radius 1 is 1.25 bits per heavy atom. The molecule has 0 aliphatic rings. The van der Waals surface area contributed by atoms with Crippen LogP contribution >= 0.6 is 0 Å². The summed E-state index contributed by atoms with van der Waals surface area (Å²) in [5.41, 5.74) is 0.796. The zero-order valence-corrected chi connectivity index (χ0v) is 9.14. The van der Waals surface area contributed by atoms with E-state index in [2.05, 4.69) is 5.32 Å². The Balaban J connectivity index is 2.56. The zero-order valence-electron chi connectivity index (χ0n) is 9.14. The fraction of sp³-hybridized carbons (Fsp3) is 0.455. The first-order valence-corrected chi connectivity index (χ1v) is 4.86. The van der Waals surface area contributed by atoms with Crippen molar-refractivity contribution in [3.05, 3.63) is 29.8 Å². The van der Waals surface area contributed by atoms with Crippen molar-refractivity contribution in [2.24, 2.45) is 0 Å². The smallest absolute Gasteiger partial charge is 0.401 e. The van der Waals surface area contributed by atoms with Crippen LogP contribution in [0.4, 0.5) is 13.2 Å². The zero-order chi connectivity index (χ0) is 12.2. The number of hydrogen-bond acceptors (Lipinski definition) is 2. The maximum Gasteiger partial charge on any atom is 0.401 e. The Kier molecular flexibility index (Phi) is 4.18. The Hall–Kier alpha value is -1.23. The van der Waals surface area contributed by atoms with Gasteiger partial charge in [-0.1, -0.05) is 12.1 Å². The van der Waals surface area contributed by atoms with Gasteiger partial charge >= 0.3 is 6.18 Å². The molecule has 5 heteroatoms. The molecule has 1 atom stereocenters. The van der Waals surface area contributed by atoms with Crippen LogP contribution in [0.25, 0.3) is 0 Å². The van der Waals surface area contributed by atoms with E-state index in [1.165, 1.54) is 0 Å². The minimum absolute atomic E-state index is 0.340. The van der Waals surface area contributed by atoms with Crippen LogP contribution in [0, 0.1) is 0 Å². The van der Waals surface area contributed by atoms with E-state index in [9.17, 15) is 13.2 Å². The Labute approximate surface area is 92.4 Å². The molecule has 2 nitrogen and oxygen atoms in total. The van der Waals surface area contributed by atoms with Gasteiger partial charge in [0.2, 0.25) is 0 Å². The molecule has 0 aromatic heterocycles. The first-order chi connectivity index (χ1) is 7.42. The van der Waals surface area contributed by atoms with Gasteiger partial charge in [-0.15, -0.1) is 0 Å². The molecular formula is C11H14F3NO. The number of benzene rings is 1. The second-order valence-electron chi connectivity index (χ2n) is 3.49. The quantitative estimate of drug-likeness (QED) is 0.863. The monoisotopic (exact) mass is 233 g/mol. The van der Waals surface area contributed by atoms with Crippen molar-refractivity contribution in [1.29, 1.82) is 0 Å². The number of rotatable bonds is 4. The fourth-order valence-corrected chi connectivity index (χ4v) is 1.28. The molecule has 0 saturated carbocycles. The molecule has 0 aliphatic carbocycles. The minimum Gasteiger partial charge on any atom is -0.497 e. The summed E-state index contributed by atoms with van der Waals surface area (Å²) in [7, 11) is 1.54. The van der Waals surface area contributed by atoms with Gasteiger partial charge in [0.1, 0.15) is 5.75 Å². The van der Waals surface area contributed by atoms with Crippen LogP contribution in [-0.2, 0) is 0 Å². The summed E-state index contributed by atoms with van der Waals surface area (Å²) in [5, 5.41) is 2.41. The summed E-state index contributed by atoms with van der Waals surface area (Å²) < 4.78 is 40.9. The molecule has 0 fully saturated rings. The highest BCUT2D eigenvalue weighted by Gasteiger charge is 2.27. The summed E-state index contributed by atoms with van der Waals surface area (Å²) in [6.07, 6.45) is -4.18. The number of ether oxygens (including phenoxy) is 1. The first kappa shape index (κ1) is 12.8. The highest BCUT2D eigenvalue weighted by molar-refractivity contribution is 5.28. The van der Waals surface area contributed by atoms with Gasteiger partial charge in [-0.3, -0.25) is 0 Å². The van der Waals surface area contributed by atoms with Gasteiger partial charge in [-0.05, 0) is 24.6 Å². The van der Waals surface area contributed by atoms with E-state index < -0.39 is 12.7 Å². The van der Waals surface area contributed by atoms with Gasteiger partial charge in [-0.2, -0.15) is 13.2 Å². The summed E-state index contributed by atoms with van der Waals surface area (Å²) >= 11 is 0. The van der Waals surface area contributed by atoms with Crippen molar-refractivity contribution in [3.63, 3.8) is 0 Å². The van der Waals surface area contributed by atoms with Crippen LogP contribution in [0.5, 0.6) is 5.75 Å². The summed E-state index contributed by atoms with van der Waals surface area (Å²) in [6.45, 7) is 0.702. The van der Waals surface area contributed by atoms with Crippen molar-refractivity contribution >= 4 is 0 Å². The molecule has 0 amide bonds. The number of alkyl halides is 3. The number of nitrogens with one attached hydrogen (secondary N) is 1. The van der Waals surface area contributed by atoms with Crippen LogP contribution in [0.1, 0.15) is 18.5 Å². The van der Waals surface area contributed by atoms with Gasteiger partial charge in [0.05, 0.1) is 13.7 Å². The third-order valence-corrected chi connectivity index (χ3v) is 2.22. The molecule has 1 aromatic carbocycles. The molecule has 0 bridgehead atoms. The lowest BCUT2D eigenvalue weighted by molar-refractivity contribution is -0.126. The molecule has 0 radical (unpaired) electrons. The van der Waals surface area contributed by atoms with Crippen LogP contribution in [0.15, 0.2) is 24.3 Å². The molecule has 1 N–H and O–H groups in total. The molecule has 0 aliphatic heterocycles. The van der Waals surface area contributed by atoms with E-state index in [1.54, 1.807) is 38.3 Å². The standard InChI is InChI=1S/C11H14F3NO/c1-8(15-7-11(12,13)14)9-3-5-10(16-2)6-4-9/h3-6,8,15H,7H2,1-2H3/t8-/m0/s1. The van der Waals surface area contributed by atoms with Gasteiger partial charge in [0.15, 0.2) is 0 Å². The largest absolute Gasteiger partial charge is 0.497 e. The fourth-order valence-electron chi connectivity index (χ4n) is 1.28. The minimum atomic E-state index is -4.18. The SMILES string of the molecule is COc1ccc([C@H](C)NCC(F)(F)F)cc1. The lowest BCUT2D eigenvalue weighted by atomic mass is 10.1. The normalized spacial score (nSPS) is 13.6. The highest BCUT2D eigenvalue weighted by Crippen LogP contribution is 2.19. The summed E-state index contributed by atoms with van der Waals surface area (Å²) in [6, 6.07) is 6.59. The maximum atomic E-state index is 12.0. The number of halogens is 3. The van der Waals surface area contributed by atoms with Crippen molar-refractivity contribution in [3.8, 4) is 5.75 Å². The van der Waals surface area contributed by atoms with Crippen molar-refractivity contribution in [1.82, 2.24) is 5.32 Å². The topological polar surface area (TPSA) is 21.3 Å².